The summed E-state index contributed by atoms with van der Waals surface area (Å²) in [6, 6.07) is 3.27. The van der Waals surface area contributed by atoms with Gasteiger partial charge in [-0.1, -0.05) is 6.07 Å². The molecular formula is C10H15N3O4S. The van der Waals surface area contributed by atoms with Crippen molar-refractivity contribution >= 4 is 15.7 Å². The fourth-order valence-electron chi connectivity index (χ4n) is 1.37. The number of nitro groups is 1. The summed E-state index contributed by atoms with van der Waals surface area (Å²) in [4.78, 5) is 9.91. The number of nitrogens with one attached hydrogen (secondary N) is 1. The molecule has 0 aliphatic carbocycles. The molecule has 0 amide bonds. The molecule has 0 fully saturated rings. The molecule has 1 atom stereocenters. The van der Waals surface area contributed by atoms with Gasteiger partial charge in [-0.15, -0.1) is 0 Å². The first-order chi connectivity index (χ1) is 8.27. The van der Waals surface area contributed by atoms with Crippen LogP contribution >= 0.6 is 0 Å². The molecule has 0 bridgehead atoms. The predicted molar refractivity (Wildman–Crippen MR) is 66.7 cm³/mol. The van der Waals surface area contributed by atoms with E-state index in [4.69, 9.17) is 5.73 Å². The third kappa shape index (κ3) is 3.25. The lowest BCUT2D eigenvalue weighted by Gasteiger charge is -2.13. The van der Waals surface area contributed by atoms with E-state index in [0.29, 0.717) is 5.56 Å². The lowest BCUT2D eigenvalue weighted by Crippen LogP contribution is -2.38. The van der Waals surface area contributed by atoms with Crippen LogP contribution in [0.15, 0.2) is 23.1 Å². The zero-order chi connectivity index (χ0) is 13.9. The van der Waals surface area contributed by atoms with E-state index in [1.807, 2.05) is 0 Å². The van der Waals surface area contributed by atoms with Crippen LogP contribution in [0, 0.1) is 17.0 Å². The van der Waals surface area contributed by atoms with Crippen molar-refractivity contribution in [2.75, 3.05) is 6.54 Å². The van der Waals surface area contributed by atoms with Crippen LogP contribution in [0.25, 0.3) is 0 Å². The summed E-state index contributed by atoms with van der Waals surface area (Å²) in [6.45, 7) is 3.34. The van der Waals surface area contributed by atoms with Crippen molar-refractivity contribution in [3.8, 4) is 0 Å². The second-order valence-corrected chi connectivity index (χ2v) is 5.65. The van der Waals surface area contributed by atoms with Gasteiger partial charge < -0.3 is 5.73 Å². The maximum atomic E-state index is 12.0. The van der Waals surface area contributed by atoms with Gasteiger partial charge in [-0.05, 0) is 19.4 Å². The number of hydrogen-bond acceptors (Lipinski definition) is 5. The molecule has 0 aromatic heterocycles. The van der Waals surface area contributed by atoms with Gasteiger partial charge in [0.05, 0.1) is 9.82 Å². The minimum atomic E-state index is -3.79. The Morgan fingerprint density at radius 2 is 2.11 bits per heavy atom. The number of sulfonamides is 1. The van der Waals surface area contributed by atoms with E-state index in [0.717, 1.165) is 6.07 Å². The highest BCUT2D eigenvalue weighted by Gasteiger charge is 2.21. The Balaban J connectivity index is 3.23. The van der Waals surface area contributed by atoms with Gasteiger partial charge in [0, 0.05) is 24.7 Å². The van der Waals surface area contributed by atoms with Gasteiger partial charge in [0.15, 0.2) is 0 Å². The molecule has 7 nitrogen and oxygen atoms in total. The molecule has 0 heterocycles. The Kier molecular flexibility index (Phi) is 4.38. The lowest BCUT2D eigenvalue weighted by molar-refractivity contribution is -0.385. The largest absolute Gasteiger partial charge is 0.329 e. The summed E-state index contributed by atoms with van der Waals surface area (Å²) in [6.07, 6.45) is 0. The van der Waals surface area contributed by atoms with Crippen molar-refractivity contribution in [3.05, 3.63) is 33.9 Å². The number of benzene rings is 1. The maximum absolute atomic E-state index is 12.0. The van der Waals surface area contributed by atoms with Crippen molar-refractivity contribution in [2.45, 2.75) is 24.8 Å². The summed E-state index contributed by atoms with van der Waals surface area (Å²) in [5.41, 5.74) is 5.52. The molecule has 100 valence electrons. The smallest absolute Gasteiger partial charge is 0.270 e. The zero-order valence-electron chi connectivity index (χ0n) is 10.1. The predicted octanol–water partition coefficient (Wildman–Crippen LogP) is 0.529. The van der Waals surface area contributed by atoms with Crippen LogP contribution in [0.4, 0.5) is 5.69 Å². The number of nitrogens with two attached hydrogens (primary N) is 1. The number of rotatable bonds is 5. The first-order valence-corrected chi connectivity index (χ1v) is 6.73. The standard InChI is InChI=1S/C10H15N3O4S/c1-7-3-4-9(13(14)15)5-10(7)18(16,17)12-8(2)6-11/h3-5,8,12H,6,11H2,1-2H3. The second kappa shape index (κ2) is 5.42. The van der Waals surface area contributed by atoms with E-state index in [1.54, 1.807) is 13.8 Å². The fourth-order valence-corrected chi connectivity index (χ4v) is 2.89. The van der Waals surface area contributed by atoms with Gasteiger partial charge in [-0.3, -0.25) is 10.1 Å². The number of nitrogens with zero attached hydrogens (tertiary/aromatic N) is 1. The molecule has 0 aliphatic rings. The van der Waals surface area contributed by atoms with Crippen LogP contribution in [0.5, 0.6) is 0 Å². The molecule has 18 heavy (non-hydrogen) atoms. The first-order valence-electron chi connectivity index (χ1n) is 5.25. The normalized spacial score (nSPS) is 13.3. The number of nitro benzene ring substituents is 1. The highest BCUT2D eigenvalue weighted by atomic mass is 32.2. The maximum Gasteiger partial charge on any atom is 0.270 e. The zero-order valence-corrected chi connectivity index (χ0v) is 10.9. The molecule has 8 heteroatoms. The Morgan fingerprint density at radius 3 is 2.61 bits per heavy atom. The van der Waals surface area contributed by atoms with Crippen molar-refractivity contribution in [1.29, 1.82) is 0 Å². The molecule has 1 rings (SSSR count). The third-order valence-corrected chi connectivity index (χ3v) is 4.11. The Morgan fingerprint density at radius 1 is 1.50 bits per heavy atom. The van der Waals surface area contributed by atoms with Crippen LogP contribution in [-0.4, -0.2) is 25.9 Å². The topological polar surface area (TPSA) is 115 Å². The molecule has 3 N–H and O–H groups in total. The van der Waals surface area contributed by atoms with Crippen LogP contribution in [0.1, 0.15) is 12.5 Å². The van der Waals surface area contributed by atoms with E-state index in [2.05, 4.69) is 4.72 Å². The Bertz CT molecular complexity index is 556. The molecule has 0 saturated carbocycles. The van der Waals surface area contributed by atoms with Gasteiger partial charge in [0.1, 0.15) is 0 Å². The van der Waals surface area contributed by atoms with Gasteiger partial charge >= 0.3 is 0 Å². The van der Waals surface area contributed by atoms with Crippen LogP contribution in [-0.2, 0) is 10.0 Å². The molecule has 0 aliphatic heterocycles. The fraction of sp³-hybridized carbons (Fsp3) is 0.400. The van der Waals surface area contributed by atoms with E-state index >= 15 is 0 Å². The van der Waals surface area contributed by atoms with Crippen molar-refractivity contribution in [3.63, 3.8) is 0 Å². The average molecular weight is 273 g/mol. The Labute approximate surface area is 105 Å². The monoisotopic (exact) mass is 273 g/mol. The van der Waals surface area contributed by atoms with Crippen molar-refractivity contribution in [2.24, 2.45) is 5.73 Å². The Hall–Kier alpha value is -1.51. The number of hydrogen-bond donors (Lipinski definition) is 2. The summed E-state index contributed by atoms with van der Waals surface area (Å²) in [7, 11) is -3.79. The van der Waals surface area contributed by atoms with E-state index in [1.165, 1.54) is 12.1 Å². The minimum Gasteiger partial charge on any atom is -0.329 e. The molecule has 0 spiro atoms. The molecule has 0 radical (unpaired) electrons. The summed E-state index contributed by atoms with van der Waals surface area (Å²) in [5, 5.41) is 10.6. The molecule has 1 unspecified atom stereocenters. The highest BCUT2D eigenvalue weighted by Crippen LogP contribution is 2.21. The SMILES string of the molecule is Cc1ccc([N+](=O)[O-])cc1S(=O)(=O)NC(C)CN. The quantitative estimate of drug-likeness (QED) is 0.599. The molecule has 1 aromatic rings. The number of non-ortho nitro benzene ring substituents is 1. The summed E-state index contributed by atoms with van der Waals surface area (Å²) in [5.74, 6) is 0. The lowest BCUT2D eigenvalue weighted by atomic mass is 10.2. The van der Waals surface area contributed by atoms with Gasteiger partial charge in [-0.2, -0.15) is 0 Å². The van der Waals surface area contributed by atoms with Crippen LogP contribution in [0.2, 0.25) is 0 Å². The van der Waals surface area contributed by atoms with Gasteiger partial charge in [0.25, 0.3) is 5.69 Å². The average Bonchev–Trinajstić information content (AvgIpc) is 2.28. The molecule has 0 saturated heterocycles. The highest BCUT2D eigenvalue weighted by molar-refractivity contribution is 7.89. The van der Waals surface area contributed by atoms with E-state index < -0.39 is 21.0 Å². The summed E-state index contributed by atoms with van der Waals surface area (Å²) < 4.78 is 26.4. The second-order valence-electron chi connectivity index (χ2n) is 3.96. The first kappa shape index (κ1) is 14.6. The van der Waals surface area contributed by atoms with Gasteiger partial charge in [-0.25, -0.2) is 13.1 Å². The minimum absolute atomic E-state index is 0.100. The van der Waals surface area contributed by atoms with E-state index in [9.17, 15) is 18.5 Å². The molecular weight excluding hydrogens is 258 g/mol. The molecule has 1 aromatic carbocycles. The van der Waals surface area contributed by atoms with Crippen molar-refractivity contribution in [1.82, 2.24) is 4.72 Å². The third-order valence-electron chi connectivity index (χ3n) is 2.38. The number of aryl methyl sites for hydroxylation is 1. The van der Waals surface area contributed by atoms with Crippen molar-refractivity contribution < 1.29 is 13.3 Å². The van der Waals surface area contributed by atoms with Gasteiger partial charge in [0.2, 0.25) is 10.0 Å². The van der Waals surface area contributed by atoms with Crippen LogP contribution < -0.4 is 10.5 Å². The summed E-state index contributed by atoms with van der Waals surface area (Å²) >= 11 is 0. The van der Waals surface area contributed by atoms with E-state index in [-0.39, 0.29) is 17.1 Å². The van der Waals surface area contributed by atoms with Crippen LogP contribution in [0.3, 0.4) is 0 Å².